The lowest BCUT2D eigenvalue weighted by Crippen LogP contribution is -2.43. The number of nitro benzene ring substituents is 1. The lowest BCUT2D eigenvalue weighted by atomic mass is 10.1. The maximum atomic E-state index is 10.8. The maximum Gasteiger partial charge on any atom is 0.274 e. The number of aliphatic hydroxyl groups is 1. The fraction of sp³-hybridized carbons (Fsp3) is 0.538. The van der Waals surface area contributed by atoms with E-state index in [9.17, 15) is 15.2 Å². The molecule has 0 spiro atoms. The van der Waals surface area contributed by atoms with E-state index in [4.69, 9.17) is 4.74 Å². The fourth-order valence-corrected chi connectivity index (χ4v) is 2.14. The minimum atomic E-state index is -1.01. The highest BCUT2D eigenvalue weighted by Gasteiger charge is 2.27. The molecule has 1 aliphatic carbocycles. The Morgan fingerprint density at radius 1 is 1.55 bits per heavy atom. The van der Waals surface area contributed by atoms with E-state index in [1.165, 1.54) is 12.1 Å². The van der Waals surface area contributed by atoms with E-state index in [2.05, 4.69) is 21.2 Å². The number of halogens is 1. The van der Waals surface area contributed by atoms with E-state index in [0.29, 0.717) is 22.8 Å². The molecule has 0 heterocycles. The third-order valence-electron chi connectivity index (χ3n) is 2.97. The number of nitrogens with one attached hydrogen (secondary N) is 1. The van der Waals surface area contributed by atoms with Gasteiger partial charge in [-0.3, -0.25) is 10.1 Å². The van der Waals surface area contributed by atoms with Gasteiger partial charge in [-0.1, -0.05) is 15.9 Å². The highest BCUT2D eigenvalue weighted by atomic mass is 79.9. The second kappa shape index (κ2) is 6.07. The van der Waals surface area contributed by atoms with Crippen LogP contribution >= 0.6 is 15.9 Å². The standard InChI is InChI=1S/C13H17BrN2O4/c1-13(17,7-15-10-2-3-10)8-20-12-5-9(14)4-11(6-12)16(18)19/h4-6,10,15,17H,2-3,7-8H2,1H3. The molecule has 0 radical (unpaired) electrons. The lowest BCUT2D eigenvalue weighted by molar-refractivity contribution is -0.385. The molecule has 2 N–H and O–H groups in total. The zero-order chi connectivity index (χ0) is 14.8. The molecule has 0 amide bonds. The molecule has 2 rings (SSSR count). The Balaban J connectivity index is 1.93. The van der Waals surface area contributed by atoms with Crippen LogP contribution in [0.15, 0.2) is 22.7 Å². The van der Waals surface area contributed by atoms with E-state index in [1.807, 2.05) is 0 Å². The van der Waals surface area contributed by atoms with Crippen molar-refractivity contribution in [2.24, 2.45) is 0 Å². The zero-order valence-corrected chi connectivity index (χ0v) is 12.7. The summed E-state index contributed by atoms with van der Waals surface area (Å²) in [5, 5.41) is 24.2. The summed E-state index contributed by atoms with van der Waals surface area (Å²) in [5.74, 6) is 0.359. The topological polar surface area (TPSA) is 84.6 Å². The molecule has 110 valence electrons. The fourth-order valence-electron chi connectivity index (χ4n) is 1.68. The molecule has 1 aromatic rings. The molecule has 7 heteroatoms. The van der Waals surface area contributed by atoms with Crippen LogP contribution in [-0.2, 0) is 0 Å². The van der Waals surface area contributed by atoms with Crippen molar-refractivity contribution in [2.75, 3.05) is 13.2 Å². The van der Waals surface area contributed by atoms with Crippen LogP contribution in [0.4, 0.5) is 5.69 Å². The highest BCUT2D eigenvalue weighted by Crippen LogP contribution is 2.27. The van der Waals surface area contributed by atoms with Gasteiger partial charge in [-0.15, -0.1) is 0 Å². The molecule has 1 atom stereocenters. The predicted molar refractivity (Wildman–Crippen MR) is 77.9 cm³/mol. The monoisotopic (exact) mass is 344 g/mol. The van der Waals surface area contributed by atoms with Gasteiger partial charge in [-0.2, -0.15) is 0 Å². The first-order chi connectivity index (χ1) is 9.35. The van der Waals surface area contributed by atoms with Crippen molar-refractivity contribution < 1.29 is 14.8 Å². The van der Waals surface area contributed by atoms with Gasteiger partial charge in [0.05, 0.1) is 11.0 Å². The molecule has 0 bridgehead atoms. The lowest BCUT2D eigenvalue weighted by Gasteiger charge is -2.24. The second-order valence-corrected chi connectivity index (χ2v) is 6.26. The number of ether oxygens (including phenoxy) is 1. The Kier molecular flexibility index (Phi) is 4.62. The van der Waals surface area contributed by atoms with E-state index in [-0.39, 0.29) is 12.3 Å². The van der Waals surface area contributed by atoms with E-state index >= 15 is 0 Å². The number of hydrogen-bond acceptors (Lipinski definition) is 5. The van der Waals surface area contributed by atoms with Gasteiger partial charge in [0.15, 0.2) is 0 Å². The zero-order valence-electron chi connectivity index (χ0n) is 11.1. The van der Waals surface area contributed by atoms with Gasteiger partial charge in [0.1, 0.15) is 18.0 Å². The molecule has 0 aliphatic heterocycles. The molecule has 1 fully saturated rings. The third kappa shape index (κ3) is 4.73. The Hall–Kier alpha value is -1.18. The van der Waals surface area contributed by atoms with Crippen molar-refractivity contribution in [2.45, 2.75) is 31.4 Å². The van der Waals surface area contributed by atoms with Crippen molar-refractivity contribution in [3.63, 3.8) is 0 Å². The number of benzene rings is 1. The molecule has 6 nitrogen and oxygen atoms in total. The molecule has 1 saturated carbocycles. The molecule has 1 unspecified atom stereocenters. The number of hydrogen-bond donors (Lipinski definition) is 2. The minimum absolute atomic E-state index is 0.0508. The third-order valence-corrected chi connectivity index (χ3v) is 3.42. The smallest absolute Gasteiger partial charge is 0.274 e. The maximum absolute atomic E-state index is 10.8. The molecular weight excluding hydrogens is 328 g/mol. The van der Waals surface area contributed by atoms with E-state index < -0.39 is 10.5 Å². The van der Waals surface area contributed by atoms with Crippen molar-refractivity contribution >= 4 is 21.6 Å². The Morgan fingerprint density at radius 3 is 2.85 bits per heavy atom. The number of nitro groups is 1. The first-order valence-electron chi connectivity index (χ1n) is 6.39. The Morgan fingerprint density at radius 2 is 2.25 bits per heavy atom. The number of non-ortho nitro benzene ring substituents is 1. The molecular formula is C13H17BrN2O4. The SMILES string of the molecule is CC(O)(CNC1CC1)COc1cc(Br)cc([N+](=O)[O-])c1. The quantitative estimate of drug-likeness (QED) is 0.585. The summed E-state index contributed by atoms with van der Waals surface area (Å²) in [6.07, 6.45) is 2.30. The van der Waals surface area contributed by atoms with Gasteiger partial charge in [0.25, 0.3) is 5.69 Å². The summed E-state index contributed by atoms with van der Waals surface area (Å²) >= 11 is 3.20. The van der Waals surface area contributed by atoms with Crippen molar-refractivity contribution in [1.29, 1.82) is 0 Å². The van der Waals surface area contributed by atoms with Gasteiger partial charge in [0, 0.05) is 23.1 Å². The van der Waals surface area contributed by atoms with E-state index in [1.54, 1.807) is 13.0 Å². The van der Waals surface area contributed by atoms with Crippen LogP contribution in [0.5, 0.6) is 5.75 Å². The second-order valence-electron chi connectivity index (χ2n) is 5.34. The molecule has 0 saturated heterocycles. The van der Waals surface area contributed by atoms with Crippen LogP contribution in [0.3, 0.4) is 0 Å². The predicted octanol–water partition coefficient (Wildman–Crippen LogP) is 2.24. The van der Waals surface area contributed by atoms with Crippen molar-refractivity contribution in [3.05, 3.63) is 32.8 Å². The Bertz CT molecular complexity index is 503. The number of nitrogens with zero attached hydrogens (tertiary/aromatic N) is 1. The average molecular weight is 345 g/mol. The van der Waals surface area contributed by atoms with Crippen LogP contribution in [0, 0.1) is 10.1 Å². The molecule has 1 aliphatic rings. The van der Waals surface area contributed by atoms with Crippen LogP contribution in [0.2, 0.25) is 0 Å². The van der Waals surface area contributed by atoms with Gasteiger partial charge in [-0.25, -0.2) is 0 Å². The van der Waals surface area contributed by atoms with Crippen LogP contribution in [0.1, 0.15) is 19.8 Å². The first kappa shape index (κ1) is 15.2. The van der Waals surface area contributed by atoms with E-state index in [0.717, 1.165) is 12.8 Å². The minimum Gasteiger partial charge on any atom is -0.490 e. The first-order valence-corrected chi connectivity index (χ1v) is 7.19. The van der Waals surface area contributed by atoms with Gasteiger partial charge >= 0.3 is 0 Å². The van der Waals surface area contributed by atoms with Gasteiger partial charge < -0.3 is 15.2 Å². The summed E-state index contributed by atoms with van der Waals surface area (Å²) in [6, 6.07) is 4.89. The summed E-state index contributed by atoms with van der Waals surface area (Å²) < 4.78 is 6.04. The average Bonchev–Trinajstić information content (AvgIpc) is 3.18. The van der Waals surface area contributed by atoms with Crippen LogP contribution in [-0.4, -0.2) is 34.8 Å². The normalized spacial score (nSPS) is 17.6. The Labute approximate surface area is 125 Å². The largest absolute Gasteiger partial charge is 0.490 e. The summed E-state index contributed by atoms with van der Waals surface area (Å²) in [7, 11) is 0. The van der Waals surface area contributed by atoms with Gasteiger partial charge in [-0.05, 0) is 25.8 Å². The summed E-state index contributed by atoms with van der Waals surface area (Å²) in [6.45, 7) is 2.18. The van der Waals surface area contributed by atoms with Gasteiger partial charge in [0.2, 0.25) is 0 Å². The molecule has 0 aromatic heterocycles. The summed E-state index contributed by atoms with van der Waals surface area (Å²) in [4.78, 5) is 10.3. The van der Waals surface area contributed by atoms with Crippen molar-refractivity contribution in [1.82, 2.24) is 5.32 Å². The van der Waals surface area contributed by atoms with Crippen LogP contribution < -0.4 is 10.1 Å². The molecule has 20 heavy (non-hydrogen) atoms. The van der Waals surface area contributed by atoms with Crippen LogP contribution in [0.25, 0.3) is 0 Å². The van der Waals surface area contributed by atoms with Crippen molar-refractivity contribution in [3.8, 4) is 5.75 Å². The highest BCUT2D eigenvalue weighted by molar-refractivity contribution is 9.10. The molecule has 1 aromatic carbocycles. The number of rotatable bonds is 7. The summed E-state index contributed by atoms with van der Waals surface area (Å²) in [5.41, 5.74) is -1.07.